The molecule has 0 fully saturated rings. The largest absolute Gasteiger partial charge is 0.470 e. The molecular formula is C3H7Br2O4P. The molecule has 0 saturated carbocycles. The van der Waals surface area contributed by atoms with E-state index in [1.807, 2.05) is 0 Å². The van der Waals surface area contributed by atoms with E-state index >= 15 is 0 Å². The lowest BCUT2D eigenvalue weighted by atomic mass is 10.5. The number of phosphoric ester groups is 1. The van der Waals surface area contributed by atoms with Gasteiger partial charge in [-0.05, 0) is 6.92 Å². The zero-order chi connectivity index (χ0) is 8.36. The second-order valence-electron chi connectivity index (χ2n) is 1.62. The molecular weight excluding hydrogens is 291 g/mol. The van der Waals surface area contributed by atoms with Gasteiger partial charge in [-0.2, -0.15) is 0 Å². The van der Waals surface area contributed by atoms with Crippen molar-refractivity contribution in [3.63, 3.8) is 0 Å². The van der Waals surface area contributed by atoms with Crippen LogP contribution in [0.15, 0.2) is 0 Å². The quantitative estimate of drug-likeness (QED) is 0.613. The van der Waals surface area contributed by atoms with Crippen LogP contribution in [0.25, 0.3) is 0 Å². The van der Waals surface area contributed by atoms with Gasteiger partial charge in [0.05, 0.1) is 0 Å². The highest BCUT2D eigenvalue weighted by molar-refractivity contribution is 9.12. The summed E-state index contributed by atoms with van der Waals surface area (Å²) in [6.45, 7) is 1.70. The Morgan fingerprint density at radius 2 is 1.90 bits per heavy atom. The van der Waals surface area contributed by atoms with Crippen molar-refractivity contribution in [2.24, 2.45) is 0 Å². The predicted molar refractivity (Wildman–Crippen MR) is 44.2 cm³/mol. The van der Waals surface area contributed by atoms with Crippen molar-refractivity contribution in [2.45, 2.75) is 16.8 Å². The van der Waals surface area contributed by atoms with Crippen LogP contribution < -0.4 is 0 Å². The van der Waals surface area contributed by atoms with E-state index < -0.39 is 12.8 Å². The Morgan fingerprint density at radius 3 is 2.00 bits per heavy atom. The lowest BCUT2D eigenvalue weighted by Crippen LogP contribution is -2.12. The van der Waals surface area contributed by atoms with Gasteiger partial charge < -0.3 is 9.79 Å². The molecule has 0 aromatic rings. The van der Waals surface area contributed by atoms with Crippen molar-refractivity contribution in [3.8, 4) is 0 Å². The molecule has 0 heterocycles. The van der Waals surface area contributed by atoms with Gasteiger partial charge in [0.1, 0.15) is 5.01 Å². The smallest absolute Gasteiger partial charge is 0.303 e. The van der Waals surface area contributed by atoms with E-state index in [9.17, 15) is 4.57 Å². The molecule has 7 heteroatoms. The van der Waals surface area contributed by atoms with Crippen LogP contribution in [-0.2, 0) is 9.09 Å². The second-order valence-corrected chi connectivity index (χ2v) is 5.16. The van der Waals surface area contributed by atoms with Gasteiger partial charge in [0.15, 0.2) is 0 Å². The molecule has 2 N–H and O–H groups in total. The van der Waals surface area contributed by atoms with Crippen LogP contribution in [0.4, 0.5) is 0 Å². The molecule has 0 aromatic carbocycles. The minimum Gasteiger partial charge on any atom is -0.303 e. The van der Waals surface area contributed by atoms with Gasteiger partial charge in [0.2, 0.25) is 0 Å². The average Bonchev–Trinajstić information content (AvgIpc) is 1.60. The van der Waals surface area contributed by atoms with Crippen LogP contribution in [0.3, 0.4) is 0 Å². The topological polar surface area (TPSA) is 66.8 Å². The molecule has 10 heavy (non-hydrogen) atoms. The Morgan fingerprint density at radius 1 is 1.50 bits per heavy atom. The highest BCUT2D eigenvalue weighted by atomic mass is 79.9. The van der Waals surface area contributed by atoms with Crippen LogP contribution in [0.2, 0.25) is 0 Å². The summed E-state index contributed by atoms with van der Waals surface area (Å²) in [6.07, 6.45) is 0. The third-order valence-corrected chi connectivity index (χ3v) is 3.56. The average molecular weight is 298 g/mol. The number of halogens is 2. The number of hydrogen-bond acceptors (Lipinski definition) is 2. The maximum atomic E-state index is 10.2. The Labute approximate surface area is 75.5 Å². The van der Waals surface area contributed by atoms with Gasteiger partial charge in [0.25, 0.3) is 0 Å². The summed E-state index contributed by atoms with van der Waals surface area (Å²) in [7, 11) is -4.35. The molecule has 0 spiro atoms. The van der Waals surface area contributed by atoms with Crippen molar-refractivity contribution < 1.29 is 18.9 Å². The van der Waals surface area contributed by atoms with Crippen LogP contribution in [0.5, 0.6) is 0 Å². The van der Waals surface area contributed by atoms with Crippen LogP contribution in [0, 0.1) is 0 Å². The lowest BCUT2D eigenvalue weighted by molar-refractivity contribution is 0.187. The summed E-state index contributed by atoms with van der Waals surface area (Å²) < 4.78 is 14.4. The molecule has 0 aromatic heterocycles. The fraction of sp³-hybridized carbons (Fsp3) is 1.00. The first kappa shape index (κ1) is 11.1. The highest BCUT2D eigenvalue weighted by Gasteiger charge is 2.22. The molecule has 0 bridgehead atoms. The molecule has 0 radical (unpaired) electrons. The van der Waals surface area contributed by atoms with E-state index in [0.717, 1.165) is 0 Å². The SMILES string of the molecule is CC(Br)C(Br)OP(=O)(O)O. The molecule has 0 aliphatic carbocycles. The Kier molecular flexibility index (Phi) is 4.63. The normalized spacial score (nSPS) is 18.5. The summed E-state index contributed by atoms with van der Waals surface area (Å²) in [6, 6.07) is 0. The zero-order valence-corrected chi connectivity index (χ0v) is 9.14. The maximum absolute atomic E-state index is 10.2. The van der Waals surface area contributed by atoms with Crippen molar-refractivity contribution >= 4 is 39.7 Å². The number of rotatable bonds is 3. The minimum atomic E-state index is -4.35. The van der Waals surface area contributed by atoms with E-state index in [4.69, 9.17) is 9.79 Å². The number of hydrogen-bond donors (Lipinski definition) is 2. The van der Waals surface area contributed by atoms with Crippen LogP contribution >= 0.6 is 39.7 Å². The van der Waals surface area contributed by atoms with Crippen LogP contribution in [0.1, 0.15) is 6.92 Å². The Hall–Kier alpha value is 1.07. The summed E-state index contributed by atoms with van der Waals surface area (Å²) in [5.74, 6) is 0. The number of alkyl halides is 2. The molecule has 0 rings (SSSR count). The van der Waals surface area contributed by atoms with Crippen molar-refractivity contribution in [1.29, 1.82) is 0 Å². The Balaban J connectivity index is 3.80. The molecule has 0 saturated heterocycles. The second kappa shape index (κ2) is 4.18. The van der Waals surface area contributed by atoms with E-state index in [-0.39, 0.29) is 4.83 Å². The zero-order valence-electron chi connectivity index (χ0n) is 5.07. The third kappa shape index (κ3) is 5.82. The number of phosphoric acid groups is 1. The predicted octanol–water partition coefficient (Wildman–Crippen LogP) is 1.60. The molecule has 2 unspecified atom stereocenters. The fourth-order valence-electron chi connectivity index (χ4n) is 0.215. The monoisotopic (exact) mass is 296 g/mol. The minimum absolute atomic E-state index is 0.153. The van der Waals surface area contributed by atoms with E-state index in [1.54, 1.807) is 6.92 Å². The Bertz CT molecular complexity index is 143. The van der Waals surface area contributed by atoms with Crippen molar-refractivity contribution in [3.05, 3.63) is 0 Å². The molecule has 0 amide bonds. The van der Waals surface area contributed by atoms with E-state index in [2.05, 4.69) is 36.4 Å². The van der Waals surface area contributed by atoms with Gasteiger partial charge in [-0.1, -0.05) is 31.9 Å². The van der Waals surface area contributed by atoms with E-state index in [0.29, 0.717) is 0 Å². The summed E-state index contributed by atoms with van der Waals surface area (Å²) in [5.41, 5.74) is 0. The third-order valence-electron chi connectivity index (χ3n) is 0.599. The summed E-state index contributed by atoms with van der Waals surface area (Å²) in [4.78, 5) is 16.4. The first-order valence-corrected chi connectivity index (χ1v) is 5.71. The molecule has 4 nitrogen and oxygen atoms in total. The molecule has 0 aliphatic heterocycles. The van der Waals surface area contributed by atoms with Gasteiger partial charge >= 0.3 is 7.82 Å². The van der Waals surface area contributed by atoms with Gasteiger partial charge in [-0.15, -0.1) is 0 Å². The van der Waals surface area contributed by atoms with Crippen molar-refractivity contribution in [2.75, 3.05) is 0 Å². The van der Waals surface area contributed by atoms with Gasteiger partial charge in [0, 0.05) is 4.83 Å². The summed E-state index contributed by atoms with van der Waals surface area (Å²) in [5, 5.41) is -0.673. The first-order valence-electron chi connectivity index (χ1n) is 2.35. The van der Waals surface area contributed by atoms with E-state index in [1.165, 1.54) is 0 Å². The standard InChI is InChI=1S/C3H7Br2O4P/c1-2(4)3(5)9-10(6,7)8/h2-3H,1H3,(H2,6,7,8). The van der Waals surface area contributed by atoms with Gasteiger partial charge in [-0.3, -0.25) is 4.52 Å². The molecule has 0 aliphatic rings. The maximum Gasteiger partial charge on any atom is 0.470 e. The fourth-order valence-corrected chi connectivity index (χ4v) is 1.59. The van der Waals surface area contributed by atoms with Crippen LogP contribution in [-0.4, -0.2) is 19.6 Å². The van der Waals surface area contributed by atoms with Gasteiger partial charge in [-0.25, -0.2) is 4.57 Å². The van der Waals surface area contributed by atoms with Crippen molar-refractivity contribution in [1.82, 2.24) is 0 Å². The lowest BCUT2D eigenvalue weighted by Gasteiger charge is -2.13. The molecule has 2 atom stereocenters. The highest BCUT2D eigenvalue weighted by Crippen LogP contribution is 2.40. The molecule has 62 valence electrons. The summed E-state index contributed by atoms with van der Waals surface area (Å²) >= 11 is 5.99. The first-order chi connectivity index (χ1) is 4.33.